The molecule has 0 radical (unpaired) electrons. The number of para-hydroxylation sites is 1. The van der Waals surface area contributed by atoms with Crippen LogP contribution in [-0.4, -0.2) is 0 Å². The largest absolute Gasteiger partial charge is 0.456 e. The molecule has 112 valence electrons. The molecule has 0 saturated heterocycles. The summed E-state index contributed by atoms with van der Waals surface area (Å²) in [6.07, 6.45) is 1.09. The molecule has 2 atom stereocenters. The molecule has 0 aromatic heterocycles. The minimum Gasteiger partial charge on any atom is -0.456 e. The van der Waals surface area contributed by atoms with Crippen molar-refractivity contribution >= 4 is 15.9 Å². The highest BCUT2D eigenvalue weighted by atomic mass is 79.9. The summed E-state index contributed by atoms with van der Waals surface area (Å²) in [6.45, 7) is 6.38. The van der Waals surface area contributed by atoms with Crippen molar-refractivity contribution in [2.45, 2.75) is 39.2 Å². The van der Waals surface area contributed by atoms with Gasteiger partial charge in [-0.3, -0.25) is 0 Å². The number of hydrogen-bond donors (Lipinski definition) is 1. The van der Waals surface area contributed by atoms with Gasteiger partial charge in [0.1, 0.15) is 11.5 Å². The van der Waals surface area contributed by atoms with E-state index in [2.05, 4.69) is 41.9 Å². The second kappa shape index (κ2) is 7.10. The Labute approximate surface area is 135 Å². The molecule has 2 nitrogen and oxygen atoms in total. The van der Waals surface area contributed by atoms with Gasteiger partial charge in [-0.2, -0.15) is 0 Å². The van der Waals surface area contributed by atoms with Crippen molar-refractivity contribution in [2.24, 2.45) is 5.73 Å². The van der Waals surface area contributed by atoms with Gasteiger partial charge in [0, 0.05) is 6.04 Å². The van der Waals surface area contributed by atoms with E-state index in [1.807, 2.05) is 37.3 Å². The summed E-state index contributed by atoms with van der Waals surface area (Å²) in [6, 6.07) is 14.2. The van der Waals surface area contributed by atoms with Crippen LogP contribution in [0.4, 0.5) is 0 Å². The van der Waals surface area contributed by atoms with Crippen LogP contribution in [0.1, 0.15) is 50.3 Å². The Morgan fingerprint density at radius 1 is 1.10 bits per heavy atom. The second-order valence-electron chi connectivity index (χ2n) is 5.43. The molecule has 0 aliphatic rings. The van der Waals surface area contributed by atoms with Gasteiger partial charge in [0.2, 0.25) is 0 Å². The Bertz CT molecular complexity index is 610. The van der Waals surface area contributed by atoms with Crippen LogP contribution in [0.15, 0.2) is 46.9 Å². The van der Waals surface area contributed by atoms with E-state index in [4.69, 9.17) is 10.5 Å². The molecular weight excluding hydrogens is 326 g/mol. The van der Waals surface area contributed by atoms with Crippen LogP contribution in [0, 0.1) is 0 Å². The highest BCUT2D eigenvalue weighted by molar-refractivity contribution is 9.10. The first-order chi connectivity index (χ1) is 10.0. The minimum atomic E-state index is 0.0164. The summed E-state index contributed by atoms with van der Waals surface area (Å²) < 4.78 is 7.04. The first kappa shape index (κ1) is 16.1. The molecule has 0 fully saturated rings. The average molecular weight is 348 g/mol. The first-order valence-electron chi connectivity index (χ1n) is 7.34. The second-order valence-corrected chi connectivity index (χ2v) is 6.28. The van der Waals surface area contributed by atoms with Crippen molar-refractivity contribution in [3.05, 3.63) is 58.1 Å². The van der Waals surface area contributed by atoms with Gasteiger partial charge < -0.3 is 10.5 Å². The molecule has 2 N–H and O–H groups in total. The molecule has 1 unspecified atom stereocenters. The highest BCUT2D eigenvalue weighted by Gasteiger charge is 2.12. The lowest BCUT2D eigenvalue weighted by atomic mass is 9.98. The lowest BCUT2D eigenvalue weighted by Gasteiger charge is -2.17. The molecule has 0 aliphatic carbocycles. The first-order valence-corrected chi connectivity index (χ1v) is 8.14. The Morgan fingerprint density at radius 2 is 1.81 bits per heavy atom. The van der Waals surface area contributed by atoms with Gasteiger partial charge >= 0.3 is 0 Å². The van der Waals surface area contributed by atoms with Gasteiger partial charge in [-0.05, 0) is 64.5 Å². The molecule has 21 heavy (non-hydrogen) atoms. The van der Waals surface area contributed by atoms with E-state index in [1.54, 1.807) is 0 Å². The van der Waals surface area contributed by atoms with E-state index < -0.39 is 0 Å². The predicted molar refractivity (Wildman–Crippen MR) is 92.0 cm³/mol. The maximum atomic E-state index is 6.11. The number of ether oxygens (including phenoxy) is 1. The fourth-order valence-corrected chi connectivity index (χ4v) is 2.68. The third-order valence-electron chi connectivity index (χ3n) is 3.76. The monoisotopic (exact) mass is 347 g/mol. The lowest BCUT2D eigenvalue weighted by Crippen LogP contribution is -2.04. The van der Waals surface area contributed by atoms with E-state index in [1.165, 1.54) is 5.56 Å². The van der Waals surface area contributed by atoms with E-state index in [0.717, 1.165) is 28.0 Å². The van der Waals surface area contributed by atoms with Crippen molar-refractivity contribution in [2.75, 3.05) is 0 Å². The summed E-state index contributed by atoms with van der Waals surface area (Å²) in [5.41, 5.74) is 8.23. The maximum absolute atomic E-state index is 6.11. The molecule has 2 rings (SSSR count). The molecule has 0 saturated carbocycles. The number of hydrogen-bond acceptors (Lipinski definition) is 2. The van der Waals surface area contributed by atoms with Crippen molar-refractivity contribution in [3.8, 4) is 11.5 Å². The van der Waals surface area contributed by atoms with Gasteiger partial charge in [0.15, 0.2) is 0 Å². The minimum absolute atomic E-state index is 0.0164. The van der Waals surface area contributed by atoms with E-state index in [0.29, 0.717) is 5.92 Å². The summed E-state index contributed by atoms with van der Waals surface area (Å²) in [5, 5.41) is 0. The SMILES string of the molecule is CCC(C)c1ccccc1Oc1ccc([C@H](C)N)cc1Br. The van der Waals surface area contributed by atoms with Crippen molar-refractivity contribution < 1.29 is 4.74 Å². The van der Waals surface area contributed by atoms with Crippen LogP contribution in [0.5, 0.6) is 11.5 Å². The zero-order valence-corrected chi connectivity index (χ0v) is 14.4. The summed E-state index contributed by atoms with van der Waals surface area (Å²) >= 11 is 3.57. The molecule has 2 aromatic rings. The quantitative estimate of drug-likeness (QED) is 0.744. The lowest BCUT2D eigenvalue weighted by molar-refractivity contribution is 0.467. The van der Waals surface area contributed by atoms with Crippen LogP contribution in [0.2, 0.25) is 0 Å². The van der Waals surface area contributed by atoms with Crippen LogP contribution in [-0.2, 0) is 0 Å². The molecular formula is C18H22BrNO. The molecule has 2 aromatic carbocycles. The standard InChI is InChI=1S/C18H22BrNO/c1-4-12(2)15-7-5-6-8-17(15)21-18-10-9-14(13(3)20)11-16(18)19/h5-13H,4,20H2,1-3H3/t12?,13-/m0/s1. The summed E-state index contributed by atoms with van der Waals surface area (Å²) in [7, 11) is 0. The van der Waals surface area contributed by atoms with Crippen LogP contribution in [0.3, 0.4) is 0 Å². The molecule has 0 amide bonds. The van der Waals surface area contributed by atoms with Crippen LogP contribution < -0.4 is 10.5 Å². The fourth-order valence-electron chi connectivity index (χ4n) is 2.20. The van der Waals surface area contributed by atoms with Crippen LogP contribution in [0.25, 0.3) is 0 Å². The summed E-state index contributed by atoms with van der Waals surface area (Å²) in [4.78, 5) is 0. The molecule has 0 bridgehead atoms. The maximum Gasteiger partial charge on any atom is 0.141 e. The van der Waals surface area contributed by atoms with E-state index in [9.17, 15) is 0 Å². The third-order valence-corrected chi connectivity index (χ3v) is 4.38. The van der Waals surface area contributed by atoms with Gasteiger partial charge in [0.25, 0.3) is 0 Å². The van der Waals surface area contributed by atoms with Gasteiger partial charge in [0.05, 0.1) is 4.47 Å². The predicted octanol–water partition coefficient (Wildman–Crippen LogP) is 5.77. The Balaban J connectivity index is 2.30. The molecule has 0 heterocycles. The molecule has 0 spiro atoms. The van der Waals surface area contributed by atoms with Crippen molar-refractivity contribution in [3.63, 3.8) is 0 Å². The fraction of sp³-hybridized carbons (Fsp3) is 0.333. The average Bonchev–Trinajstić information content (AvgIpc) is 2.49. The Morgan fingerprint density at radius 3 is 2.43 bits per heavy atom. The van der Waals surface area contributed by atoms with E-state index in [-0.39, 0.29) is 6.04 Å². The third kappa shape index (κ3) is 3.86. The normalized spacial score (nSPS) is 13.8. The highest BCUT2D eigenvalue weighted by Crippen LogP contribution is 2.36. The zero-order chi connectivity index (χ0) is 15.4. The van der Waals surface area contributed by atoms with Crippen molar-refractivity contribution in [1.29, 1.82) is 0 Å². The summed E-state index contributed by atoms with van der Waals surface area (Å²) in [5.74, 6) is 2.21. The number of nitrogens with two attached hydrogens (primary N) is 1. The molecule has 0 aliphatic heterocycles. The Hall–Kier alpha value is -1.32. The zero-order valence-electron chi connectivity index (χ0n) is 12.8. The van der Waals surface area contributed by atoms with Gasteiger partial charge in [-0.1, -0.05) is 38.1 Å². The number of rotatable bonds is 5. The number of halogens is 1. The Kier molecular flexibility index (Phi) is 5.43. The number of benzene rings is 2. The topological polar surface area (TPSA) is 35.2 Å². The van der Waals surface area contributed by atoms with Gasteiger partial charge in [-0.15, -0.1) is 0 Å². The smallest absolute Gasteiger partial charge is 0.141 e. The molecule has 3 heteroatoms. The van der Waals surface area contributed by atoms with E-state index >= 15 is 0 Å². The van der Waals surface area contributed by atoms with Gasteiger partial charge in [-0.25, -0.2) is 0 Å². The van der Waals surface area contributed by atoms with Crippen LogP contribution >= 0.6 is 15.9 Å². The van der Waals surface area contributed by atoms with Crippen molar-refractivity contribution in [1.82, 2.24) is 0 Å².